The summed E-state index contributed by atoms with van der Waals surface area (Å²) in [5.74, 6) is 6.24. The second kappa shape index (κ2) is 5.37. The van der Waals surface area contributed by atoms with Crippen LogP contribution in [0.2, 0.25) is 0 Å². The fourth-order valence-corrected chi connectivity index (χ4v) is 2.78. The summed E-state index contributed by atoms with van der Waals surface area (Å²) in [4.78, 5) is 18.1. The molecular weight excluding hydrogens is 236 g/mol. The van der Waals surface area contributed by atoms with Gasteiger partial charge in [0.2, 0.25) is 0 Å². The normalized spacial score (nSPS) is 20.1. The van der Waals surface area contributed by atoms with E-state index >= 15 is 0 Å². The second-order valence-corrected chi connectivity index (χ2v) is 5.56. The van der Waals surface area contributed by atoms with Crippen molar-refractivity contribution < 1.29 is 4.79 Å². The fraction of sp³-hybridized carbons (Fsp3) is 0.455. The van der Waals surface area contributed by atoms with E-state index < -0.39 is 0 Å². The number of hydrogen-bond acceptors (Lipinski definition) is 5. The minimum absolute atomic E-state index is 0.000668. The van der Waals surface area contributed by atoms with Gasteiger partial charge in [0.1, 0.15) is 5.69 Å². The summed E-state index contributed by atoms with van der Waals surface area (Å²) in [6.45, 7) is 3.73. The van der Waals surface area contributed by atoms with Gasteiger partial charge in [-0.05, 0) is 12.1 Å². The average Bonchev–Trinajstić information content (AvgIpc) is 2.38. The Bertz CT molecular complexity index is 395. The number of nitrogens with one attached hydrogen (secondary N) is 1. The highest BCUT2D eigenvalue weighted by atomic mass is 32.2. The molecule has 0 spiro atoms. The Balaban J connectivity index is 2.07. The van der Waals surface area contributed by atoms with Crippen molar-refractivity contribution in [2.45, 2.75) is 12.2 Å². The van der Waals surface area contributed by atoms with Crippen molar-refractivity contribution in [1.29, 1.82) is 0 Å². The highest BCUT2D eigenvalue weighted by molar-refractivity contribution is 7.99. The largest absolute Gasteiger partial charge is 0.335 e. The molecule has 5 nitrogen and oxygen atoms in total. The molecule has 0 aromatic carbocycles. The van der Waals surface area contributed by atoms with Crippen molar-refractivity contribution in [3.8, 4) is 0 Å². The van der Waals surface area contributed by atoms with Gasteiger partial charge in [-0.3, -0.25) is 10.6 Å². The van der Waals surface area contributed by atoms with Gasteiger partial charge in [-0.15, -0.1) is 0 Å². The number of hydrogen-bond donors (Lipinski definition) is 2. The van der Waals surface area contributed by atoms with E-state index in [4.69, 9.17) is 5.84 Å². The van der Waals surface area contributed by atoms with Gasteiger partial charge in [-0.25, -0.2) is 4.98 Å². The number of nitrogens with zero attached hydrogens (tertiary/aromatic N) is 2. The molecule has 6 heteroatoms. The SMILES string of the molecule is CC1CN(C(=O)c2ccc(NN)cn2)CCS1. The molecule has 1 aromatic rings. The molecule has 1 amide bonds. The molecule has 1 aliphatic rings. The zero-order valence-corrected chi connectivity index (χ0v) is 10.5. The zero-order chi connectivity index (χ0) is 12.3. The highest BCUT2D eigenvalue weighted by Crippen LogP contribution is 2.19. The van der Waals surface area contributed by atoms with E-state index in [1.807, 2.05) is 16.7 Å². The predicted octanol–water partition coefficient (Wildman–Crippen LogP) is 0.945. The van der Waals surface area contributed by atoms with E-state index in [0.29, 0.717) is 16.6 Å². The molecule has 1 aliphatic heterocycles. The number of nitrogen functional groups attached to an aromatic ring is 1. The standard InChI is InChI=1S/C11H16N4OS/c1-8-7-15(4-5-17-8)11(16)10-3-2-9(14-12)6-13-10/h2-3,6,8,14H,4-5,7,12H2,1H3. The van der Waals surface area contributed by atoms with Gasteiger partial charge in [-0.1, -0.05) is 6.92 Å². The minimum atomic E-state index is 0.000668. The maximum Gasteiger partial charge on any atom is 0.272 e. The van der Waals surface area contributed by atoms with Crippen LogP contribution in [0.25, 0.3) is 0 Å². The molecule has 0 aliphatic carbocycles. The molecule has 1 atom stereocenters. The van der Waals surface area contributed by atoms with Gasteiger partial charge < -0.3 is 10.3 Å². The number of pyridine rings is 1. The number of rotatable bonds is 2. The zero-order valence-electron chi connectivity index (χ0n) is 9.72. The van der Waals surface area contributed by atoms with E-state index in [1.165, 1.54) is 0 Å². The predicted molar refractivity (Wildman–Crippen MR) is 69.9 cm³/mol. The highest BCUT2D eigenvalue weighted by Gasteiger charge is 2.22. The quantitative estimate of drug-likeness (QED) is 0.605. The van der Waals surface area contributed by atoms with Gasteiger partial charge in [0.25, 0.3) is 5.91 Å². The number of hydrazine groups is 1. The van der Waals surface area contributed by atoms with Crippen LogP contribution in [0, 0.1) is 0 Å². The Kier molecular flexibility index (Phi) is 3.86. The molecule has 1 aromatic heterocycles. The Labute approximate surface area is 105 Å². The van der Waals surface area contributed by atoms with Crippen LogP contribution in [-0.4, -0.2) is 39.9 Å². The van der Waals surface area contributed by atoms with Crippen molar-refractivity contribution in [3.63, 3.8) is 0 Å². The number of carbonyl (C=O) groups is 1. The lowest BCUT2D eigenvalue weighted by molar-refractivity contribution is 0.0757. The van der Waals surface area contributed by atoms with Crippen LogP contribution in [0.15, 0.2) is 18.3 Å². The minimum Gasteiger partial charge on any atom is -0.335 e. The molecule has 0 radical (unpaired) electrons. The smallest absolute Gasteiger partial charge is 0.272 e. The van der Waals surface area contributed by atoms with E-state index in [1.54, 1.807) is 18.3 Å². The monoisotopic (exact) mass is 252 g/mol. The topological polar surface area (TPSA) is 71.2 Å². The number of thioether (sulfide) groups is 1. The van der Waals surface area contributed by atoms with Gasteiger partial charge in [0.15, 0.2) is 0 Å². The van der Waals surface area contributed by atoms with Crippen LogP contribution in [0.5, 0.6) is 0 Å². The summed E-state index contributed by atoms with van der Waals surface area (Å²) < 4.78 is 0. The van der Waals surface area contributed by atoms with Crippen LogP contribution >= 0.6 is 11.8 Å². The summed E-state index contributed by atoms with van der Waals surface area (Å²) in [5.41, 5.74) is 3.66. The summed E-state index contributed by atoms with van der Waals surface area (Å²) in [6, 6.07) is 3.45. The lowest BCUT2D eigenvalue weighted by atomic mass is 10.3. The molecule has 3 N–H and O–H groups in total. The molecule has 2 rings (SSSR count). The van der Waals surface area contributed by atoms with Crippen molar-refractivity contribution in [2.75, 3.05) is 24.3 Å². The number of aromatic nitrogens is 1. The molecule has 1 fully saturated rings. The first-order valence-electron chi connectivity index (χ1n) is 5.54. The van der Waals surface area contributed by atoms with E-state index in [9.17, 15) is 4.79 Å². The summed E-state index contributed by atoms with van der Waals surface area (Å²) >= 11 is 1.90. The third-order valence-electron chi connectivity index (χ3n) is 2.68. The second-order valence-electron chi connectivity index (χ2n) is 4.01. The van der Waals surface area contributed by atoms with Crippen molar-refractivity contribution in [1.82, 2.24) is 9.88 Å². The Morgan fingerprint density at radius 2 is 2.47 bits per heavy atom. The number of amides is 1. The van der Waals surface area contributed by atoms with E-state index in [0.717, 1.165) is 18.8 Å². The van der Waals surface area contributed by atoms with Crippen LogP contribution in [0.4, 0.5) is 5.69 Å². The van der Waals surface area contributed by atoms with E-state index in [-0.39, 0.29) is 5.91 Å². The van der Waals surface area contributed by atoms with Gasteiger partial charge in [-0.2, -0.15) is 11.8 Å². The summed E-state index contributed by atoms with van der Waals surface area (Å²) in [5, 5.41) is 0.498. The molecule has 0 saturated carbocycles. The molecule has 92 valence electrons. The summed E-state index contributed by atoms with van der Waals surface area (Å²) in [7, 11) is 0. The number of nitrogens with two attached hydrogens (primary N) is 1. The number of anilines is 1. The Morgan fingerprint density at radius 1 is 1.65 bits per heavy atom. The van der Waals surface area contributed by atoms with Crippen molar-refractivity contribution in [2.24, 2.45) is 5.84 Å². The molecule has 1 unspecified atom stereocenters. The van der Waals surface area contributed by atoms with Gasteiger partial charge >= 0.3 is 0 Å². The first kappa shape index (κ1) is 12.2. The Morgan fingerprint density at radius 3 is 3.06 bits per heavy atom. The van der Waals surface area contributed by atoms with Gasteiger partial charge in [0.05, 0.1) is 11.9 Å². The first-order chi connectivity index (χ1) is 8.20. The number of carbonyl (C=O) groups excluding carboxylic acids is 1. The van der Waals surface area contributed by atoms with Crippen LogP contribution in [0.3, 0.4) is 0 Å². The van der Waals surface area contributed by atoms with Crippen molar-refractivity contribution in [3.05, 3.63) is 24.0 Å². The lowest BCUT2D eigenvalue weighted by Gasteiger charge is -2.30. The first-order valence-corrected chi connectivity index (χ1v) is 6.59. The Hall–Kier alpha value is -1.27. The molecule has 0 bridgehead atoms. The maximum absolute atomic E-state index is 12.1. The third-order valence-corrected chi connectivity index (χ3v) is 3.81. The van der Waals surface area contributed by atoms with Gasteiger partial charge in [0, 0.05) is 24.1 Å². The summed E-state index contributed by atoms with van der Waals surface area (Å²) in [6.07, 6.45) is 1.56. The van der Waals surface area contributed by atoms with Crippen LogP contribution in [-0.2, 0) is 0 Å². The molecule has 17 heavy (non-hydrogen) atoms. The molecule has 1 saturated heterocycles. The maximum atomic E-state index is 12.1. The molecule has 2 heterocycles. The van der Waals surface area contributed by atoms with Crippen LogP contribution in [0.1, 0.15) is 17.4 Å². The molecular formula is C11H16N4OS. The van der Waals surface area contributed by atoms with E-state index in [2.05, 4.69) is 17.3 Å². The fourth-order valence-electron chi connectivity index (χ4n) is 1.77. The van der Waals surface area contributed by atoms with Crippen molar-refractivity contribution >= 4 is 23.4 Å². The third kappa shape index (κ3) is 2.89. The average molecular weight is 252 g/mol. The van der Waals surface area contributed by atoms with Crippen LogP contribution < -0.4 is 11.3 Å². The lowest BCUT2D eigenvalue weighted by Crippen LogP contribution is -2.41.